The first-order valence-electron chi connectivity index (χ1n) is 10.2. The molecule has 5 atom stereocenters. The van der Waals surface area contributed by atoms with Crippen molar-refractivity contribution in [3.8, 4) is 0 Å². The molecule has 0 radical (unpaired) electrons. The number of thioether (sulfide) groups is 1. The Morgan fingerprint density at radius 2 is 1.93 bits per heavy atom. The summed E-state index contributed by atoms with van der Waals surface area (Å²) in [5, 5.41) is 23.1. The molecule has 0 aliphatic carbocycles. The van der Waals surface area contributed by atoms with Crippen LogP contribution in [0.25, 0.3) is 0 Å². The molecule has 1 fully saturated rings. The van der Waals surface area contributed by atoms with E-state index in [9.17, 15) is 19.2 Å². The number of carboxylic acids is 1. The lowest BCUT2D eigenvalue weighted by Crippen LogP contribution is -2.58. The molecule has 5 unspecified atom stereocenters. The standard InChI is InChI=1S/C19H34N4O6S/c1-4-11(2)15(17(26)21-13(10-24)19(28)29)22-16(25)14-6-5-8-23(14)18(27)12(20)7-9-30-3/h11-15,24H,4-10,20H2,1-3H3,(H,21,26)(H,22,25)(H,28,29). The number of hydrogen-bond donors (Lipinski definition) is 5. The highest BCUT2D eigenvalue weighted by atomic mass is 32.2. The maximum atomic E-state index is 12.9. The number of aliphatic carboxylic acids is 1. The first-order chi connectivity index (χ1) is 14.2. The van der Waals surface area contributed by atoms with Crippen molar-refractivity contribution in [1.82, 2.24) is 15.5 Å². The molecule has 3 amide bonds. The largest absolute Gasteiger partial charge is 0.480 e. The molecule has 0 aromatic heterocycles. The number of amides is 3. The molecule has 1 rings (SSSR count). The second-order valence-electron chi connectivity index (χ2n) is 7.53. The lowest BCUT2D eigenvalue weighted by Gasteiger charge is -2.30. The van der Waals surface area contributed by atoms with Crippen molar-refractivity contribution in [2.45, 2.75) is 63.7 Å². The zero-order valence-electron chi connectivity index (χ0n) is 17.8. The molecule has 0 aromatic rings. The second-order valence-corrected chi connectivity index (χ2v) is 8.52. The summed E-state index contributed by atoms with van der Waals surface area (Å²) in [4.78, 5) is 50.8. The number of aliphatic hydroxyl groups excluding tert-OH is 1. The van der Waals surface area contributed by atoms with Gasteiger partial charge in [-0.1, -0.05) is 20.3 Å². The Morgan fingerprint density at radius 1 is 1.27 bits per heavy atom. The number of nitrogens with two attached hydrogens (primary N) is 1. The minimum atomic E-state index is -1.46. The summed E-state index contributed by atoms with van der Waals surface area (Å²) in [6.45, 7) is 3.26. The van der Waals surface area contributed by atoms with Crippen molar-refractivity contribution >= 4 is 35.5 Å². The topological polar surface area (TPSA) is 162 Å². The minimum absolute atomic E-state index is 0.280. The molecule has 1 aliphatic heterocycles. The molecule has 0 saturated carbocycles. The second kappa shape index (κ2) is 12.8. The van der Waals surface area contributed by atoms with E-state index in [2.05, 4.69) is 10.6 Å². The van der Waals surface area contributed by atoms with Crippen LogP contribution in [0.4, 0.5) is 0 Å². The van der Waals surface area contributed by atoms with Crippen molar-refractivity contribution in [3.05, 3.63) is 0 Å². The minimum Gasteiger partial charge on any atom is -0.480 e. The van der Waals surface area contributed by atoms with E-state index in [0.717, 1.165) is 5.75 Å². The summed E-state index contributed by atoms with van der Waals surface area (Å²) in [6, 6.07) is -3.84. The Kier molecular flexibility index (Phi) is 11.1. The normalized spacial score (nSPS) is 20.2. The van der Waals surface area contributed by atoms with Crippen molar-refractivity contribution in [2.75, 3.05) is 25.2 Å². The Morgan fingerprint density at radius 3 is 2.47 bits per heavy atom. The van der Waals surface area contributed by atoms with E-state index < -0.39 is 48.6 Å². The molecule has 172 valence electrons. The van der Waals surface area contributed by atoms with E-state index in [-0.39, 0.29) is 11.8 Å². The quantitative estimate of drug-likeness (QED) is 0.259. The third kappa shape index (κ3) is 7.13. The van der Waals surface area contributed by atoms with E-state index in [0.29, 0.717) is 32.2 Å². The van der Waals surface area contributed by atoms with Gasteiger partial charge in [-0.2, -0.15) is 11.8 Å². The van der Waals surface area contributed by atoms with Crippen molar-refractivity contribution in [3.63, 3.8) is 0 Å². The van der Waals surface area contributed by atoms with Crippen LogP contribution in [-0.2, 0) is 19.2 Å². The zero-order valence-corrected chi connectivity index (χ0v) is 18.6. The molecule has 30 heavy (non-hydrogen) atoms. The van der Waals surface area contributed by atoms with Gasteiger partial charge in [0.15, 0.2) is 0 Å². The third-order valence-electron chi connectivity index (χ3n) is 5.38. The summed E-state index contributed by atoms with van der Waals surface area (Å²) in [5.74, 6) is -2.34. The van der Waals surface area contributed by atoms with Crippen LogP contribution in [0.2, 0.25) is 0 Å². The Balaban J connectivity index is 2.88. The van der Waals surface area contributed by atoms with Gasteiger partial charge in [-0.3, -0.25) is 14.4 Å². The average molecular weight is 447 g/mol. The van der Waals surface area contributed by atoms with Crippen LogP contribution in [0.3, 0.4) is 0 Å². The smallest absolute Gasteiger partial charge is 0.328 e. The number of aliphatic hydroxyl groups is 1. The summed E-state index contributed by atoms with van der Waals surface area (Å²) in [5.41, 5.74) is 5.98. The molecule has 0 spiro atoms. The highest BCUT2D eigenvalue weighted by Crippen LogP contribution is 2.20. The van der Waals surface area contributed by atoms with Crippen LogP contribution in [0, 0.1) is 5.92 Å². The number of hydrogen-bond acceptors (Lipinski definition) is 7. The lowest BCUT2D eigenvalue weighted by molar-refractivity contribution is -0.144. The monoisotopic (exact) mass is 446 g/mol. The molecule has 10 nitrogen and oxygen atoms in total. The van der Waals surface area contributed by atoms with E-state index in [1.54, 1.807) is 18.7 Å². The summed E-state index contributed by atoms with van der Waals surface area (Å²) < 4.78 is 0. The highest BCUT2D eigenvalue weighted by molar-refractivity contribution is 7.98. The van der Waals surface area contributed by atoms with Crippen molar-refractivity contribution in [1.29, 1.82) is 0 Å². The van der Waals surface area contributed by atoms with Crippen molar-refractivity contribution in [2.24, 2.45) is 11.7 Å². The third-order valence-corrected chi connectivity index (χ3v) is 6.02. The molecule has 1 aliphatic rings. The first-order valence-corrected chi connectivity index (χ1v) is 11.6. The van der Waals surface area contributed by atoms with Crippen LogP contribution in [0.5, 0.6) is 0 Å². The number of likely N-dealkylation sites (tertiary alicyclic amines) is 1. The van der Waals surface area contributed by atoms with Crippen LogP contribution in [0.1, 0.15) is 39.5 Å². The Labute approximate surface area is 181 Å². The summed E-state index contributed by atoms with van der Waals surface area (Å²) in [6.07, 6.45) is 4.12. The predicted octanol–water partition coefficient (Wildman–Crippen LogP) is -0.850. The van der Waals surface area contributed by atoms with E-state index >= 15 is 0 Å². The molecule has 1 saturated heterocycles. The number of rotatable bonds is 12. The lowest BCUT2D eigenvalue weighted by atomic mass is 9.97. The number of carboxylic acid groups (broad SMARTS) is 1. The molecular weight excluding hydrogens is 412 g/mol. The van der Waals surface area contributed by atoms with Gasteiger partial charge in [-0.05, 0) is 37.2 Å². The van der Waals surface area contributed by atoms with Gasteiger partial charge in [0.05, 0.1) is 12.6 Å². The van der Waals surface area contributed by atoms with Gasteiger partial charge in [-0.25, -0.2) is 4.79 Å². The van der Waals surface area contributed by atoms with Crippen LogP contribution in [-0.4, -0.2) is 88.1 Å². The number of carbonyl (C=O) groups is 4. The molecule has 1 heterocycles. The van der Waals surface area contributed by atoms with Crippen LogP contribution in [0.15, 0.2) is 0 Å². The van der Waals surface area contributed by atoms with Gasteiger partial charge in [0, 0.05) is 6.54 Å². The fourth-order valence-corrected chi connectivity index (χ4v) is 3.77. The fourth-order valence-electron chi connectivity index (χ4n) is 3.28. The SMILES string of the molecule is CCC(C)C(NC(=O)C1CCCN1C(=O)C(N)CCSC)C(=O)NC(CO)C(=O)O. The van der Waals surface area contributed by atoms with Gasteiger partial charge < -0.3 is 31.5 Å². The van der Waals surface area contributed by atoms with Gasteiger partial charge in [0.1, 0.15) is 18.1 Å². The van der Waals surface area contributed by atoms with Crippen molar-refractivity contribution < 1.29 is 29.4 Å². The molecule has 0 bridgehead atoms. The Bertz CT molecular complexity index is 620. The number of nitrogens with zero attached hydrogens (tertiary/aromatic N) is 1. The molecule has 6 N–H and O–H groups in total. The van der Waals surface area contributed by atoms with Gasteiger partial charge in [0.2, 0.25) is 17.7 Å². The van der Waals surface area contributed by atoms with Gasteiger partial charge in [0.25, 0.3) is 0 Å². The first kappa shape index (κ1) is 26.2. The van der Waals surface area contributed by atoms with E-state index in [1.807, 2.05) is 13.2 Å². The fraction of sp³-hybridized carbons (Fsp3) is 0.789. The average Bonchev–Trinajstić information content (AvgIpc) is 3.22. The number of nitrogens with one attached hydrogen (secondary N) is 2. The molecular formula is C19H34N4O6S. The maximum absolute atomic E-state index is 12.9. The Hall–Kier alpha value is -1.85. The van der Waals surface area contributed by atoms with E-state index in [4.69, 9.17) is 15.9 Å². The van der Waals surface area contributed by atoms with Crippen LogP contribution >= 0.6 is 11.8 Å². The molecule has 11 heteroatoms. The summed E-state index contributed by atoms with van der Waals surface area (Å²) >= 11 is 1.59. The van der Waals surface area contributed by atoms with Crippen LogP contribution < -0.4 is 16.4 Å². The van der Waals surface area contributed by atoms with Gasteiger partial charge in [-0.15, -0.1) is 0 Å². The van der Waals surface area contributed by atoms with Gasteiger partial charge >= 0.3 is 5.97 Å². The van der Waals surface area contributed by atoms with E-state index in [1.165, 1.54) is 4.90 Å². The zero-order chi connectivity index (χ0) is 22.8. The number of carbonyl (C=O) groups excluding carboxylic acids is 3. The molecule has 0 aromatic carbocycles. The summed E-state index contributed by atoms with van der Waals surface area (Å²) in [7, 11) is 0. The highest BCUT2D eigenvalue weighted by Gasteiger charge is 2.38. The predicted molar refractivity (Wildman–Crippen MR) is 114 cm³/mol. The maximum Gasteiger partial charge on any atom is 0.328 e.